The Morgan fingerprint density at radius 3 is 3.00 bits per heavy atom. The van der Waals surface area contributed by atoms with Crippen molar-refractivity contribution in [1.29, 1.82) is 5.26 Å². The van der Waals surface area contributed by atoms with Gasteiger partial charge < -0.3 is 0 Å². The summed E-state index contributed by atoms with van der Waals surface area (Å²) in [5.41, 5.74) is 1.85. The number of nitrogens with zero attached hydrogens (tertiary/aromatic N) is 1. The molecule has 4 nitrogen and oxygen atoms in total. The van der Waals surface area contributed by atoms with Gasteiger partial charge in [-0.05, 0) is 6.92 Å². The summed E-state index contributed by atoms with van der Waals surface area (Å²) in [5.74, 6) is -0.445. The minimum absolute atomic E-state index is 0.445. The Morgan fingerprint density at radius 2 is 2.56 bits per heavy atom. The molecule has 48 valence electrons. The van der Waals surface area contributed by atoms with E-state index in [0.717, 1.165) is 0 Å². The first-order valence-electron chi connectivity index (χ1n) is 2.29. The summed E-state index contributed by atoms with van der Waals surface area (Å²) in [4.78, 5) is 14.2. The van der Waals surface area contributed by atoms with E-state index in [0.29, 0.717) is 0 Å². The SMILES string of the molecule is CC=CC(=O)NOC#N. The van der Waals surface area contributed by atoms with E-state index in [4.69, 9.17) is 5.26 Å². The maximum atomic E-state index is 10.3. The van der Waals surface area contributed by atoms with Crippen LogP contribution in [0.4, 0.5) is 0 Å². The van der Waals surface area contributed by atoms with Gasteiger partial charge in [0, 0.05) is 6.08 Å². The minimum Gasteiger partial charge on any atom is -0.299 e. The van der Waals surface area contributed by atoms with Gasteiger partial charge in [0.05, 0.1) is 0 Å². The molecule has 0 aromatic carbocycles. The molecule has 0 radical (unpaired) electrons. The number of rotatable bonds is 2. The lowest BCUT2D eigenvalue weighted by Crippen LogP contribution is -2.18. The van der Waals surface area contributed by atoms with Gasteiger partial charge in [-0.25, -0.2) is 0 Å². The van der Waals surface area contributed by atoms with E-state index in [9.17, 15) is 4.79 Å². The number of nitrogens with one attached hydrogen (secondary N) is 1. The third kappa shape index (κ3) is 4.35. The number of nitriles is 1. The zero-order valence-electron chi connectivity index (χ0n) is 4.92. The zero-order valence-corrected chi connectivity index (χ0v) is 4.92. The van der Waals surface area contributed by atoms with Crippen molar-refractivity contribution in [3.8, 4) is 6.26 Å². The highest BCUT2D eigenvalue weighted by atomic mass is 16.6. The van der Waals surface area contributed by atoms with E-state index in [-0.39, 0.29) is 0 Å². The van der Waals surface area contributed by atoms with Crippen LogP contribution in [-0.4, -0.2) is 5.91 Å². The molecule has 0 aromatic heterocycles. The lowest BCUT2D eigenvalue weighted by molar-refractivity contribution is -0.124. The van der Waals surface area contributed by atoms with Crippen LogP contribution in [-0.2, 0) is 9.63 Å². The van der Waals surface area contributed by atoms with E-state index >= 15 is 0 Å². The molecule has 0 heterocycles. The highest BCUT2D eigenvalue weighted by molar-refractivity contribution is 5.86. The quantitative estimate of drug-likeness (QED) is 0.324. The second kappa shape index (κ2) is 4.65. The Kier molecular flexibility index (Phi) is 3.88. The van der Waals surface area contributed by atoms with Crippen molar-refractivity contribution < 1.29 is 9.63 Å². The standard InChI is InChI=1S/C5H6N2O2/c1-2-3-5(8)7-9-4-6/h2-3H,1H3,(H,7,8). The van der Waals surface area contributed by atoms with E-state index in [1.165, 1.54) is 18.4 Å². The second-order valence-corrected chi connectivity index (χ2v) is 1.16. The predicted molar refractivity (Wildman–Crippen MR) is 29.7 cm³/mol. The monoisotopic (exact) mass is 126 g/mol. The summed E-state index contributed by atoms with van der Waals surface area (Å²) < 4.78 is 0. The summed E-state index contributed by atoms with van der Waals surface area (Å²) in [6.45, 7) is 1.69. The van der Waals surface area contributed by atoms with Crippen LogP contribution in [0.25, 0.3) is 0 Å². The summed E-state index contributed by atoms with van der Waals surface area (Å²) in [7, 11) is 0. The molecule has 1 amide bonds. The van der Waals surface area contributed by atoms with Crippen molar-refractivity contribution in [2.45, 2.75) is 6.92 Å². The molecule has 0 aliphatic carbocycles. The molecule has 9 heavy (non-hydrogen) atoms. The lowest BCUT2D eigenvalue weighted by atomic mass is 10.5. The lowest BCUT2D eigenvalue weighted by Gasteiger charge is -1.90. The smallest absolute Gasteiger partial charge is 0.299 e. The molecule has 0 fully saturated rings. The van der Waals surface area contributed by atoms with Crippen LogP contribution >= 0.6 is 0 Å². The van der Waals surface area contributed by atoms with Crippen molar-refractivity contribution in [2.24, 2.45) is 0 Å². The third-order valence-electron chi connectivity index (χ3n) is 0.515. The van der Waals surface area contributed by atoms with Gasteiger partial charge in [-0.3, -0.25) is 9.63 Å². The molecule has 0 spiro atoms. The van der Waals surface area contributed by atoms with Crippen LogP contribution in [0.2, 0.25) is 0 Å². The number of hydrogen-bond acceptors (Lipinski definition) is 3. The van der Waals surface area contributed by atoms with E-state index in [1.807, 2.05) is 5.48 Å². The summed E-state index contributed by atoms with van der Waals surface area (Å²) in [6.07, 6.45) is 4.08. The van der Waals surface area contributed by atoms with Crippen LogP contribution in [0.3, 0.4) is 0 Å². The number of hydroxylamine groups is 1. The predicted octanol–water partition coefficient (Wildman–Crippen LogP) is 0.0914. The molecule has 0 aliphatic heterocycles. The zero-order chi connectivity index (χ0) is 7.11. The van der Waals surface area contributed by atoms with Crippen LogP contribution in [0, 0.1) is 11.5 Å². The largest absolute Gasteiger partial charge is 0.314 e. The summed E-state index contributed by atoms with van der Waals surface area (Å²) in [6, 6.07) is 0. The van der Waals surface area contributed by atoms with Gasteiger partial charge in [-0.1, -0.05) is 6.08 Å². The van der Waals surface area contributed by atoms with Gasteiger partial charge in [0.1, 0.15) is 0 Å². The summed E-state index contributed by atoms with van der Waals surface area (Å²) >= 11 is 0. The summed E-state index contributed by atoms with van der Waals surface area (Å²) in [5, 5.41) is 7.77. The Labute approximate surface area is 52.7 Å². The highest BCUT2D eigenvalue weighted by Gasteiger charge is 1.89. The Morgan fingerprint density at radius 1 is 1.89 bits per heavy atom. The molecular weight excluding hydrogens is 120 g/mol. The van der Waals surface area contributed by atoms with Crippen molar-refractivity contribution in [1.82, 2.24) is 5.48 Å². The molecule has 0 bridgehead atoms. The minimum atomic E-state index is -0.445. The molecule has 1 N–H and O–H groups in total. The Hall–Kier alpha value is -1.50. The van der Waals surface area contributed by atoms with Gasteiger partial charge in [-0.2, -0.15) is 5.48 Å². The van der Waals surface area contributed by atoms with Gasteiger partial charge in [0.15, 0.2) is 0 Å². The first-order chi connectivity index (χ1) is 4.31. The van der Waals surface area contributed by atoms with Crippen molar-refractivity contribution >= 4 is 5.91 Å². The molecule has 0 atom stereocenters. The molecular formula is C5H6N2O2. The van der Waals surface area contributed by atoms with E-state index in [1.54, 1.807) is 6.92 Å². The van der Waals surface area contributed by atoms with Crippen LogP contribution in [0.5, 0.6) is 0 Å². The van der Waals surface area contributed by atoms with Crippen LogP contribution < -0.4 is 5.48 Å². The number of carbonyl (C=O) groups excluding carboxylic acids is 1. The Balaban J connectivity index is 3.42. The first-order valence-corrected chi connectivity index (χ1v) is 2.29. The topological polar surface area (TPSA) is 62.1 Å². The fourth-order valence-corrected chi connectivity index (χ4v) is 0.259. The molecule has 0 unspecified atom stereocenters. The van der Waals surface area contributed by atoms with Gasteiger partial charge in [0.2, 0.25) is 0 Å². The van der Waals surface area contributed by atoms with Crippen LogP contribution in [0.15, 0.2) is 12.2 Å². The van der Waals surface area contributed by atoms with Crippen molar-refractivity contribution in [3.05, 3.63) is 12.2 Å². The van der Waals surface area contributed by atoms with Gasteiger partial charge >= 0.3 is 6.26 Å². The van der Waals surface area contributed by atoms with Crippen LogP contribution in [0.1, 0.15) is 6.92 Å². The van der Waals surface area contributed by atoms with Gasteiger partial charge in [-0.15, -0.1) is 5.26 Å². The Bertz CT molecular complexity index is 157. The molecule has 0 saturated heterocycles. The number of hydrogen-bond donors (Lipinski definition) is 1. The average Bonchev–Trinajstić information content (AvgIpc) is 1.85. The normalized spacial score (nSPS) is 8.44. The van der Waals surface area contributed by atoms with E-state index < -0.39 is 5.91 Å². The molecule has 0 aliphatic rings. The molecule has 4 heteroatoms. The molecule has 0 rings (SSSR count). The third-order valence-corrected chi connectivity index (χ3v) is 0.515. The maximum absolute atomic E-state index is 10.3. The second-order valence-electron chi connectivity index (χ2n) is 1.16. The van der Waals surface area contributed by atoms with Crippen molar-refractivity contribution in [2.75, 3.05) is 0 Å². The number of allylic oxidation sites excluding steroid dienone is 1. The van der Waals surface area contributed by atoms with Gasteiger partial charge in [0.25, 0.3) is 5.91 Å². The molecule has 0 aromatic rings. The maximum Gasteiger partial charge on any atom is 0.314 e. The number of carbonyl (C=O) groups is 1. The fraction of sp³-hybridized carbons (Fsp3) is 0.200. The average molecular weight is 126 g/mol. The first kappa shape index (κ1) is 7.50. The fourth-order valence-electron chi connectivity index (χ4n) is 0.259. The van der Waals surface area contributed by atoms with Crippen molar-refractivity contribution in [3.63, 3.8) is 0 Å². The number of amides is 1. The highest BCUT2D eigenvalue weighted by Crippen LogP contribution is 1.70. The molecule has 0 saturated carbocycles. The van der Waals surface area contributed by atoms with E-state index in [2.05, 4.69) is 4.84 Å².